The first kappa shape index (κ1) is 20.4. The number of carbonyl (C=O) groups is 2. The highest BCUT2D eigenvalue weighted by Crippen LogP contribution is 2.37. The van der Waals surface area contributed by atoms with Crippen LogP contribution in [0.4, 0.5) is 18.9 Å². The van der Waals surface area contributed by atoms with Crippen LogP contribution in [0.5, 0.6) is 0 Å². The topological polar surface area (TPSA) is 81.2 Å². The molecule has 0 fully saturated rings. The molecule has 10 heteroatoms. The lowest BCUT2D eigenvalue weighted by atomic mass is 10.0. The van der Waals surface area contributed by atoms with Gasteiger partial charge in [0.25, 0.3) is 11.8 Å². The van der Waals surface area contributed by atoms with Gasteiger partial charge in [-0.25, -0.2) is 4.68 Å². The molecule has 1 aliphatic heterocycles. The third-order valence-electron chi connectivity index (χ3n) is 4.82. The van der Waals surface area contributed by atoms with Gasteiger partial charge in [0.1, 0.15) is 5.69 Å². The summed E-state index contributed by atoms with van der Waals surface area (Å²) >= 11 is 2.12. The van der Waals surface area contributed by atoms with Gasteiger partial charge in [0.15, 0.2) is 5.69 Å². The monoisotopic (exact) mass is 526 g/mol. The first-order valence-electron chi connectivity index (χ1n) is 8.84. The Hall–Kier alpha value is -2.89. The van der Waals surface area contributed by atoms with Crippen LogP contribution in [0.2, 0.25) is 0 Å². The number of fused-ring (bicyclic) bond motifs is 1. The van der Waals surface area contributed by atoms with Crippen LogP contribution in [0.3, 0.4) is 0 Å². The second-order valence-corrected chi connectivity index (χ2v) is 7.90. The number of para-hydroxylation sites is 1. The molecule has 4 rings (SSSR count). The first-order chi connectivity index (χ1) is 14.2. The average molecular weight is 526 g/mol. The fourth-order valence-electron chi connectivity index (χ4n) is 3.50. The van der Waals surface area contributed by atoms with E-state index in [4.69, 9.17) is 5.73 Å². The fourth-order valence-corrected chi connectivity index (χ4v) is 3.86. The molecule has 1 aliphatic rings. The van der Waals surface area contributed by atoms with Crippen LogP contribution in [0, 0.1) is 3.57 Å². The maximum absolute atomic E-state index is 13.7. The van der Waals surface area contributed by atoms with Crippen LogP contribution < -0.4 is 10.6 Å². The summed E-state index contributed by atoms with van der Waals surface area (Å²) in [4.78, 5) is 26.5. The zero-order valence-electron chi connectivity index (χ0n) is 15.3. The summed E-state index contributed by atoms with van der Waals surface area (Å²) in [6.45, 7) is 0.0820. The Bertz CT molecular complexity index is 1160. The van der Waals surface area contributed by atoms with Gasteiger partial charge in [-0.05, 0) is 65.4 Å². The van der Waals surface area contributed by atoms with Gasteiger partial charge in [-0.2, -0.15) is 18.3 Å². The molecule has 154 valence electrons. The number of aromatic nitrogens is 2. The number of primary amides is 1. The smallest absolute Gasteiger partial charge is 0.366 e. The lowest BCUT2D eigenvalue weighted by Gasteiger charge is -2.28. The van der Waals surface area contributed by atoms with E-state index < -0.39 is 23.7 Å². The van der Waals surface area contributed by atoms with Crippen molar-refractivity contribution in [3.8, 4) is 5.69 Å². The van der Waals surface area contributed by atoms with Gasteiger partial charge in [-0.3, -0.25) is 9.59 Å². The molecular formula is C20H14F3IN4O2. The molecule has 3 aromatic rings. The number of rotatable bonds is 3. The molecule has 6 nitrogen and oxygen atoms in total. The van der Waals surface area contributed by atoms with E-state index in [-0.39, 0.29) is 35.5 Å². The molecule has 0 saturated heterocycles. The third kappa shape index (κ3) is 3.44. The lowest BCUT2D eigenvalue weighted by molar-refractivity contribution is -0.141. The molecule has 2 N–H and O–H groups in total. The van der Waals surface area contributed by atoms with Crippen LogP contribution >= 0.6 is 22.6 Å². The first-order valence-corrected chi connectivity index (χ1v) is 9.92. The summed E-state index contributed by atoms with van der Waals surface area (Å²) in [7, 11) is 0. The van der Waals surface area contributed by atoms with Crippen LogP contribution in [0.15, 0.2) is 48.5 Å². The maximum Gasteiger partial charge on any atom is 0.435 e. The van der Waals surface area contributed by atoms with Crippen molar-refractivity contribution in [3.05, 3.63) is 74.6 Å². The van der Waals surface area contributed by atoms with Crippen molar-refractivity contribution in [1.29, 1.82) is 0 Å². The number of nitrogens with zero attached hydrogens (tertiary/aromatic N) is 3. The second kappa shape index (κ2) is 7.42. The maximum atomic E-state index is 13.7. The summed E-state index contributed by atoms with van der Waals surface area (Å²) < 4.78 is 42.8. The van der Waals surface area contributed by atoms with Crippen LogP contribution in [0.25, 0.3) is 5.69 Å². The highest BCUT2D eigenvalue weighted by atomic mass is 127. The highest BCUT2D eigenvalue weighted by Gasteiger charge is 2.43. The Balaban J connectivity index is 1.93. The highest BCUT2D eigenvalue weighted by molar-refractivity contribution is 14.1. The minimum absolute atomic E-state index is 0.0227. The van der Waals surface area contributed by atoms with E-state index in [1.807, 2.05) is 0 Å². The van der Waals surface area contributed by atoms with E-state index in [1.54, 1.807) is 24.3 Å². The molecule has 0 saturated carbocycles. The van der Waals surface area contributed by atoms with Crippen molar-refractivity contribution < 1.29 is 22.8 Å². The standard InChI is InChI=1S/C20H14F3IN4O2/c21-20(22,23)17-14-9-10-27(12-7-5-11(24)6-8-12)19(30)16(14)28(26-17)15-4-2-1-3-13(15)18(25)29/h1-8H,9-10H2,(H2,25,29). The predicted molar refractivity (Wildman–Crippen MR) is 112 cm³/mol. The molecule has 2 amide bonds. The van der Waals surface area contributed by atoms with Crippen LogP contribution in [-0.2, 0) is 12.6 Å². The Morgan fingerprint density at radius 1 is 1.10 bits per heavy atom. The fraction of sp³-hybridized carbons (Fsp3) is 0.150. The number of amides is 2. The van der Waals surface area contributed by atoms with Gasteiger partial charge in [0.2, 0.25) is 0 Å². The summed E-state index contributed by atoms with van der Waals surface area (Å²) in [6.07, 6.45) is -4.77. The van der Waals surface area contributed by atoms with Gasteiger partial charge in [-0.15, -0.1) is 0 Å². The molecule has 0 unspecified atom stereocenters. The zero-order valence-corrected chi connectivity index (χ0v) is 17.4. The number of hydrogen-bond donors (Lipinski definition) is 1. The molecule has 0 spiro atoms. The number of benzene rings is 2. The van der Waals surface area contributed by atoms with Crippen molar-refractivity contribution in [3.63, 3.8) is 0 Å². The van der Waals surface area contributed by atoms with Crippen molar-refractivity contribution in [1.82, 2.24) is 9.78 Å². The third-order valence-corrected chi connectivity index (χ3v) is 5.54. The van der Waals surface area contributed by atoms with Gasteiger partial charge < -0.3 is 10.6 Å². The van der Waals surface area contributed by atoms with Crippen molar-refractivity contribution in [2.45, 2.75) is 12.6 Å². The Morgan fingerprint density at radius 3 is 2.40 bits per heavy atom. The quantitative estimate of drug-likeness (QED) is 0.528. The second-order valence-electron chi connectivity index (χ2n) is 6.65. The summed E-state index contributed by atoms with van der Waals surface area (Å²) in [6, 6.07) is 12.9. The van der Waals surface area contributed by atoms with Gasteiger partial charge >= 0.3 is 6.18 Å². The summed E-state index contributed by atoms with van der Waals surface area (Å²) in [5.74, 6) is -1.46. The number of halogens is 4. The molecule has 0 bridgehead atoms. The predicted octanol–water partition coefficient (Wildman–Crippen LogP) is 3.80. The normalized spacial score (nSPS) is 14.0. The SMILES string of the molecule is NC(=O)c1ccccc1-n1nc(C(F)(F)F)c2c1C(=O)N(c1ccc(I)cc1)CC2. The largest absolute Gasteiger partial charge is 0.435 e. The van der Waals surface area contributed by atoms with E-state index in [0.29, 0.717) is 5.69 Å². The number of anilines is 1. The molecule has 0 atom stereocenters. The molecule has 2 aromatic carbocycles. The number of hydrogen-bond acceptors (Lipinski definition) is 3. The van der Waals surface area contributed by atoms with Crippen molar-refractivity contribution >= 4 is 40.1 Å². The van der Waals surface area contributed by atoms with E-state index >= 15 is 0 Å². The molecule has 1 aromatic heterocycles. The van der Waals surface area contributed by atoms with E-state index in [9.17, 15) is 22.8 Å². The van der Waals surface area contributed by atoms with Crippen molar-refractivity contribution in [2.75, 3.05) is 11.4 Å². The van der Waals surface area contributed by atoms with E-state index in [0.717, 1.165) is 8.25 Å². The summed E-state index contributed by atoms with van der Waals surface area (Å²) in [5.41, 5.74) is 4.41. The molecule has 30 heavy (non-hydrogen) atoms. The number of carbonyl (C=O) groups excluding carboxylic acids is 2. The van der Waals surface area contributed by atoms with E-state index in [2.05, 4.69) is 27.7 Å². The lowest BCUT2D eigenvalue weighted by Crippen LogP contribution is -2.39. The zero-order chi connectivity index (χ0) is 21.6. The molecule has 2 heterocycles. The Labute approximate surface area is 182 Å². The van der Waals surface area contributed by atoms with Gasteiger partial charge in [0, 0.05) is 21.4 Å². The molecular weight excluding hydrogens is 512 g/mol. The molecule has 0 radical (unpaired) electrons. The summed E-state index contributed by atoms with van der Waals surface area (Å²) in [5, 5.41) is 3.70. The minimum atomic E-state index is -4.75. The van der Waals surface area contributed by atoms with Gasteiger partial charge in [-0.1, -0.05) is 12.1 Å². The van der Waals surface area contributed by atoms with Crippen LogP contribution in [0.1, 0.15) is 32.1 Å². The number of nitrogens with two attached hydrogens (primary N) is 1. The average Bonchev–Trinajstić information content (AvgIpc) is 3.10. The number of alkyl halides is 3. The minimum Gasteiger partial charge on any atom is -0.366 e. The van der Waals surface area contributed by atoms with Gasteiger partial charge in [0.05, 0.1) is 11.3 Å². The van der Waals surface area contributed by atoms with E-state index in [1.165, 1.54) is 29.2 Å². The Kier molecular flexibility index (Phi) is 5.04. The van der Waals surface area contributed by atoms with Crippen molar-refractivity contribution in [2.24, 2.45) is 5.73 Å². The van der Waals surface area contributed by atoms with Crippen LogP contribution in [-0.4, -0.2) is 28.1 Å². The Morgan fingerprint density at radius 2 is 1.77 bits per heavy atom. The molecule has 0 aliphatic carbocycles.